The van der Waals surface area contributed by atoms with E-state index in [9.17, 15) is 0 Å². The van der Waals surface area contributed by atoms with E-state index in [1.807, 2.05) is 19.9 Å². The van der Waals surface area contributed by atoms with E-state index in [2.05, 4.69) is 15.5 Å². The van der Waals surface area contributed by atoms with Gasteiger partial charge in [0.25, 0.3) is 5.89 Å². The first-order valence-corrected chi connectivity index (χ1v) is 6.36. The predicted octanol–water partition coefficient (Wildman–Crippen LogP) is 2.41. The summed E-state index contributed by atoms with van der Waals surface area (Å²) in [5.41, 5.74) is 0.898. The lowest BCUT2D eigenvalue weighted by Crippen LogP contribution is -2.28. The van der Waals surface area contributed by atoms with Gasteiger partial charge < -0.3 is 14.3 Å². The van der Waals surface area contributed by atoms with Crippen molar-refractivity contribution in [3.05, 3.63) is 23.4 Å². The van der Waals surface area contributed by atoms with Gasteiger partial charge in [-0.1, -0.05) is 5.16 Å². The van der Waals surface area contributed by atoms with Crippen LogP contribution in [0.4, 0.5) is 0 Å². The van der Waals surface area contributed by atoms with Crippen molar-refractivity contribution >= 4 is 0 Å². The second-order valence-corrected chi connectivity index (χ2v) is 4.83. The lowest BCUT2D eigenvalue weighted by atomic mass is 9.99. The molecule has 1 atom stereocenters. The molecule has 3 heterocycles. The Morgan fingerprint density at radius 2 is 2.28 bits per heavy atom. The van der Waals surface area contributed by atoms with Crippen molar-refractivity contribution in [1.29, 1.82) is 0 Å². The van der Waals surface area contributed by atoms with E-state index in [4.69, 9.17) is 8.94 Å². The fourth-order valence-corrected chi connectivity index (χ4v) is 2.43. The van der Waals surface area contributed by atoms with Gasteiger partial charge in [-0.25, -0.2) is 0 Å². The highest BCUT2D eigenvalue weighted by atomic mass is 16.5. The van der Waals surface area contributed by atoms with Crippen LogP contribution in [0.15, 0.2) is 15.0 Å². The first-order valence-electron chi connectivity index (χ1n) is 6.36. The molecule has 5 nitrogen and oxygen atoms in total. The summed E-state index contributed by atoms with van der Waals surface area (Å²) in [4.78, 5) is 4.50. The van der Waals surface area contributed by atoms with Gasteiger partial charge >= 0.3 is 0 Å². The molecule has 0 spiro atoms. The second kappa shape index (κ2) is 4.57. The molecular formula is C13H17N3O2. The molecule has 0 aromatic carbocycles. The van der Waals surface area contributed by atoms with E-state index in [0.29, 0.717) is 11.8 Å². The molecule has 0 saturated carbocycles. The van der Waals surface area contributed by atoms with Crippen LogP contribution in [0.5, 0.6) is 0 Å². The van der Waals surface area contributed by atoms with Crippen molar-refractivity contribution < 1.29 is 8.94 Å². The van der Waals surface area contributed by atoms with Crippen molar-refractivity contribution in [3.8, 4) is 11.5 Å². The summed E-state index contributed by atoms with van der Waals surface area (Å²) in [5.74, 6) is 3.41. The highest BCUT2D eigenvalue weighted by Crippen LogP contribution is 2.27. The molecule has 1 aliphatic heterocycles. The third kappa shape index (κ3) is 2.06. The molecule has 0 amide bonds. The van der Waals surface area contributed by atoms with Crippen molar-refractivity contribution in [2.45, 2.75) is 32.6 Å². The summed E-state index contributed by atoms with van der Waals surface area (Å²) >= 11 is 0. The van der Waals surface area contributed by atoms with Crippen LogP contribution in [-0.4, -0.2) is 23.2 Å². The molecule has 0 aliphatic carbocycles. The van der Waals surface area contributed by atoms with E-state index in [1.165, 1.54) is 6.42 Å². The van der Waals surface area contributed by atoms with Crippen LogP contribution in [0.2, 0.25) is 0 Å². The van der Waals surface area contributed by atoms with E-state index in [1.54, 1.807) is 0 Å². The summed E-state index contributed by atoms with van der Waals surface area (Å²) in [7, 11) is 0. The topological polar surface area (TPSA) is 64.1 Å². The van der Waals surface area contributed by atoms with E-state index >= 15 is 0 Å². The fraction of sp³-hybridized carbons (Fsp3) is 0.538. The Morgan fingerprint density at radius 1 is 1.39 bits per heavy atom. The molecule has 96 valence electrons. The number of rotatable bonds is 2. The third-order valence-electron chi connectivity index (χ3n) is 3.38. The van der Waals surface area contributed by atoms with Crippen LogP contribution in [0.25, 0.3) is 11.5 Å². The Morgan fingerprint density at radius 3 is 2.94 bits per heavy atom. The van der Waals surface area contributed by atoms with Crippen LogP contribution < -0.4 is 5.32 Å². The van der Waals surface area contributed by atoms with Gasteiger partial charge in [-0.3, -0.25) is 0 Å². The number of nitrogens with one attached hydrogen (secondary N) is 1. The summed E-state index contributed by atoms with van der Waals surface area (Å²) in [6, 6.07) is 1.94. The SMILES string of the molecule is Cc1cc(-c2nc(C3CCCNC3)no2)c(C)o1. The zero-order chi connectivity index (χ0) is 12.5. The number of furan rings is 1. The van der Waals surface area contributed by atoms with Crippen LogP contribution in [0.3, 0.4) is 0 Å². The normalized spacial score (nSPS) is 20.2. The maximum absolute atomic E-state index is 5.48. The minimum absolute atomic E-state index is 0.365. The minimum Gasteiger partial charge on any atom is -0.466 e. The molecule has 3 rings (SSSR count). The number of aryl methyl sites for hydroxylation is 2. The van der Waals surface area contributed by atoms with Crippen molar-refractivity contribution in [1.82, 2.24) is 15.5 Å². The number of aromatic nitrogens is 2. The van der Waals surface area contributed by atoms with Crippen LogP contribution >= 0.6 is 0 Å². The summed E-state index contributed by atoms with van der Waals surface area (Å²) in [6.45, 7) is 5.84. The van der Waals surface area contributed by atoms with Gasteiger partial charge in [0, 0.05) is 12.5 Å². The number of hydrogen-bond acceptors (Lipinski definition) is 5. The smallest absolute Gasteiger partial charge is 0.261 e. The second-order valence-electron chi connectivity index (χ2n) is 4.83. The van der Waals surface area contributed by atoms with Gasteiger partial charge in [0.2, 0.25) is 0 Å². The quantitative estimate of drug-likeness (QED) is 0.882. The molecule has 5 heteroatoms. The number of hydrogen-bond donors (Lipinski definition) is 1. The first kappa shape index (κ1) is 11.5. The largest absolute Gasteiger partial charge is 0.466 e. The summed E-state index contributed by atoms with van der Waals surface area (Å²) in [6.07, 6.45) is 2.29. The van der Waals surface area contributed by atoms with E-state index in [0.717, 1.165) is 42.4 Å². The Hall–Kier alpha value is -1.62. The van der Waals surface area contributed by atoms with Gasteiger partial charge in [0.1, 0.15) is 11.5 Å². The van der Waals surface area contributed by atoms with E-state index < -0.39 is 0 Å². The van der Waals surface area contributed by atoms with Crippen LogP contribution in [0.1, 0.15) is 36.1 Å². The molecular weight excluding hydrogens is 230 g/mol. The maximum Gasteiger partial charge on any atom is 0.261 e. The zero-order valence-corrected chi connectivity index (χ0v) is 10.7. The molecule has 1 fully saturated rings. The van der Waals surface area contributed by atoms with Crippen molar-refractivity contribution in [3.63, 3.8) is 0 Å². The predicted molar refractivity (Wildman–Crippen MR) is 66.3 cm³/mol. The molecule has 18 heavy (non-hydrogen) atoms. The average molecular weight is 247 g/mol. The van der Waals surface area contributed by atoms with Gasteiger partial charge in [0.05, 0.1) is 5.56 Å². The number of nitrogens with zero attached hydrogens (tertiary/aromatic N) is 2. The molecule has 0 radical (unpaired) electrons. The third-order valence-corrected chi connectivity index (χ3v) is 3.38. The summed E-state index contributed by atoms with van der Waals surface area (Å²) < 4.78 is 10.8. The van der Waals surface area contributed by atoms with Crippen molar-refractivity contribution in [2.75, 3.05) is 13.1 Å². The van der Waals surface area contributed by atoms with E-state index in [-0.39, 0.29) is 0 Å². The highest BCUT2D eigenvalue weighted by Gasteiger charge is 2.22. The monoisotopic (exact) mass is 247 g/mol. The first-order chi connectivity index (χ1) is 8.74. The molecule has 1 N–H and O–H groups in total. The Labute approximate surface area is 106 Å². The van der Waals surface area contributed by atoms with Crippen LogP contribution in [-0.2, 0) is 0 Å². The molecule has 2 aromatic heterocycles. The molecule has 0 bridgehead atoms. The molecule has 1 aliphatic rings. The number of piperidine rings is 1. The minimum atomic E-state index is 0.365. The molecule has 1 saturated heterocycles. The van der Waals surface area contributed by atoms with Crippen LogP contribution in [0, 0.1) is 13.8 Å². The standard InChI is InChI=1S/C13H17N3O2/c1-8-6-11(9(2)17-8)13-15-12(16-18-13)10-4-3-5-14-7-10/h6,10,14H,3-5,7H2,1-2H3. The Bertz CT molecular complexity index is 538. The lowest BCUT2D eigenvalue weighted by Gasteiger charge is -2.19. The maximum atomic E-state index is 5.48. The zero-order valence-electron chi connectivity index (χ0n) is 10.7. The molecule has 2 aromatic rings. The lowest BCUT2D eigenvalue weighted by molar-refractivity contribution is 0.392. The Balaban J connectivity index is 1.86. The highest BCUT2D eigenvalue weighted by molar-refractivity contribution is 5.56. The summed E-state index contributed by atoms with van der Waals surface area (Å²) in [5, 5.41) is 7.46. The van der Waals surface area contributed by atoms with Gasteiger partial charge in [-0.15, -0.1) is 0 Å². The fourth-order valence-electron chi connectivity index (χ4n) is 2.43. The van der Waals surface area contributed by atoms with Gasteiger partial charge in [-0.2, -0.15) is 4.98 Å². The average Bonchev–Trinajstić information content (AvgIpc) is 2.97. The van der Waals surface area contributed by atoms with Crippen molar-refractivity contribution in [2.24, 2.45) is 0 Å². The van der Waals surface area contributed by atoms with Gasteiger partial charge in [-0.05, 0) is 39.3 Å². The Kier molecular flexibility index (Phi) is 2.91. The van der Waals surface area contributed by atoms with Gasteiger partial charge in [0.15, 0.2) is 5.82 Å². The molecule has 1 unspecified atom stereocenters.